The average molecular weight is 324 g/mol. The summed E-state index contributed by atoms with van der Waals surface area (Å²) < 4.78 is 16.1. The maximum Gasteiger partial charge on any atom is 0.147 e. The number of aromatic amines is 1. The van der Waals surface area contributed by atoms with Gasteiger partial charge in [-0.2, -0.15) is 5.10 Å². The Kier molecular flexibility index (Phi) is 3.94. The van der Waals surface area contributed by atoms with E-state index >= 15 is 0 Å². The molecule has 124 valence electrons. The molecule has 1 aliphatic heterocycles. The smallest absolute Gasteiger partial charge is 0.147 e. The predicted octanol–water partition coefficient (Wildman–Crippen LogP) is 3.46. The molecule has 3 heterocycles. The summed E-state index contributed by atoms with van der Waals surface area (Å²) in [5.41, 5.74) is 5.48. The van der Waals surface area contributed by atoms with E-state index < -0.39 is 0 Å². The number of fused-ring (bicyclic) bond motifs is 1. The lowest BCUT2D eigenvalue weighted by Crippen LogP contribution is -2.31. The molecule has 0 spiro atoms. The number of para-hydroxylation sites is 1. The van der Waals surface area contributed by atoms with Crippen molar-refractivity contribution in [2.45, 2.75) is 32.9 Å². The van der Waals surface area contributed by atoms with Crippen molar-refractivity contribution in [2.24, 2.45) is 0 Å². The molecule has 0 aliphatic carbocycles. The number of benzene rings is 1. The van der Waals surface area contributed by atoms with Crippen molar-refractivity contribution in [3.63, 3.8) is 0 Å². The van der Waals surface area contributed by atoms with E-state index in [1.807, 2.05) is 29.0 Å². The second-order valence-electron chi connectivity index (χ2n) is 6.26. The number of halogens is 1. The average Bonchev–Trinajstić information content (AvgIpc) is 3.21. The quantitative estimate of drug-likeness (QED) is 0.798. The number of nitrogens with zero attached hydrogens (tertiary/aromatic N) is 3. The fourth-order valence-electron chi connectivity index (χ4n) is 3.49. The zero-order valence-corrected chi connectivity index (χ0v) is 13.8. The molecule has 3 aromatic rings. The standard InChI is InChI=1S/C19H21FN4/c1-2-17-15-13-23(11-9-18(15)22-21-17)12-14-6-5-10-24(14)19-8-4-3-7-16(19)20/h3-8,10H,2,9,11-13H2,1H3,(H,21,22). The van der Waals surface area contributed by atoms with Crippen LogP contribution in [-0.4, -0.2) is 26.2 Å². The van der Waals surface area contributed by atoms with Crippen LogP contribution >= 0.6 is 0 Å². The summed E-state index contributed by atoms with van der Waals surface area (Å²) in [6.07, 6.45) is 3.87. The van der Waals surface area contributed by atoms with Gasteiger partial charge in [-0.15, -0.1) is 0 Å². The third-order valence-electron chi connectivity index (χ3n) is 4.76. The highest BCUT2D eigenvalue weighted by molar-refractivity contribution is 5.36. The molecular formula is C19H21FN4. The van der Waals surface area contributed by atoms with Gasteiger partial charge in [-0.05, 0) is 30.7 Å². The maximum absolute atomic E-state index is 14.1. The predicted molar refractivity (Wildman–Crippen MR) is 91.5 cm³/mol. The summed E-state index contributed by atoms with van der Waals surface area (Å²) in [6.45, 7) is 4.83. The molecular weight excluding hydrogens is 303 g/mol. The van der Waals surface area contributed by atoms with E-state index in [2.05, 4.69) is 28.1 Å². The molecule has 0 bridgehead atoms. The third-order valence-corrected chi connectivity index (χ3v) is 4.76. The topological polar surface area (TPSA) is 36.9 Å². The molecule has 4 nitrogen and oxygen atoms in total. The van der Waals surface area contributed by atoms with Gasteiger partial charge in [-0.1, -0.05) is 19.1 Å². The normalized spacial score (nSPS) is 14.8. The minimum absolute atomic E-state index is 0.195. The summed E-state index contributed by atoms with van der Waals surface area (Å²) >= 11 is 0. The molecule has 1 aliphatic rings. The lowest BCUT2D eigenvalue weighted by atomic mass is 10.0. The molecule has 0 atom stereocenters. The molecule has 24 heavy (non-hydrogen) atoms. The highest BCUT2D eigenvalue weighted by atomic mass is 19.1. The van der Waals surface area contributed by atoms with E-state index in [0.29, 0.717) is 5.69 Å². The second-order valence-corrected chi connectivity index (χ2v) is 6.26. The first kappa shape index (κ1) is 15.1. The molecule has 0 amide bonds. The van der Waals surface area contributed by atoms with Gasteiger partial charge in [0.25, 0.3) is 0 Å². The number of aryl methyl sites for hydroxylation is 1. The highest BCUT2D eigenvalue weighted by Gasteiger charge is 2.22. The van der Waals surface area contributed by atoms with Crippen LogP contribution in [0.3, 0.4) is 0 Å². The fourth-order valence-corrected chi connectivity index (χ4v) is 3.49. The van der Waals surface area contributed by atoms with Crippen LogP contribution in [0.4, 0.5) is 4.39 Å². The monoisotopic (exact) mass is 324 g/mol. The van der Waals surface area contributed by atoms with Crippen molar-refractivity contribution in [2.75, 3.05) is 6.54 Å². The van der Waals surface area contributed by atoms with Crippen molar-refractivity contribution in [3.8, 4) is 5.69 Å². The Hall–Kier alpha value is -2.40. The van der Waals surface area contributed by atoms with Gasteiger partial charge in [-0.3, -0.25) is 10.00 Å². The largest absolute Gasteiger partial charge is 0.317 e. The van der Waals surface area contributed by atoms with Gasteiger partial charge in [0.05, 0.1) is 11.4 Å². The van der Waals surface area contributed by atoms with E-state index in [1.165, 1.54) is 23.0 Å². The zero-order chi connectivity index (χ0) is 16.5. The van der Waals surface area contributed by atoms with Crippen LogP contribution in [0.1, 0.15) is 29.6 Å². The second kappa shape index (κ2) is 6.24. The summed E-state index contributed by atoms with van der Waals surface area (Å²) in [7, 11) is 0. The minimum atomic E-state index is -0.195. The first-order valence-corrected chi connectivity index (χ1v) is 8.44. The first-order valence-electron chi connectivity index (χ1n) is 8.44. The van der Waals surface area contributed by atoms with Gasteiger partial charge in [-0.25, -0.2) is 4.39 Å². The van der Waals surface area contributed by atoms with E-state index in [0.717, 1.165) is 38.2 Å². The van der Waals surface area contributed by atoms with Crippen LogP contribution < -0.4 is 0 Å². The van der Waals surface area contributed by atoms with E-state index in [9.17, 15) is 4.39 Å². The number of hydrogen-bond donors (Lipinski definition) is 1. The van der Waals surface area contributed by atoms with Gasteiger partial charge in [0.15, 0.2) is 0 Å². The molecule has 1 aromatic carbocycles. The summed E-state index contributed by atoms with van der Waals surface area (Å²) in [4.78, 5) is 2.41. The number of nitrogens with one attached hydrogen (secondary N) is 1. The molecule has 0 saturated heterocycles. The number of rotatable bonds is 4. The third kappa shape index (κ3) is 2.65. The lowest BCUT2D eigenvalue weighted by molar-refractivity contribution is 0.240. The Morgan fingerprint density at radius 3 is 2.92 bits per heavy atom. The van der Waals surface area contributed by atoms with Crippen LogP contribution in [-0.2, 0) is 25.9 Å². The van der Waals surface area contributed by atoms with Gasteiger partial charge >= 0.3 is 0 Å². The van der Waals surface area contributed by atoms with Crippen LogP contribution in [0.25, 0.3) is 5.69 Å². The molecule has 5 heteroatoms. The first-order chi connectivity index (χ1) is 11.8. The molecule has 4 rings (SSSR count). The van der Waals surface area contributed by atoms with E-state index in [1.54, 1.807) is 6.07 Å². The van der Waals surface area contributed by atoms with Gasteiger partial charge in [0, 0.05) is 49.2 Å². The highest BCUT2D eigenvalue weighted by Crippen LogP contribution is 2.23. The Balaban J connectivity index is 1.57. The zero-order valence-electron chi connectivity index (χ0n) is 13.8. The lowest BCUT2D eigenvalue weighted by Gasteiger charge is -2.27. The van der Waals surface area contributed by atoms with Crippen molar-refractivity contribution >= 4 is 0 Å². The molecule has 0 saturated carbocycles. The number of aromatic nitrogens is 3. The number of H-pyrrole nitrogens is 1. The Labute approximate surface area is 140 Å². The summed E-state index contributed by atoms with van der Waals surface area (Å²) in [6, 6.07) is 11.0. The van der Waals surface area contributed by atoms with Gasteiger partial charge in [0.1, 0.15) is 5.82 Å². The molecule has 0 radical (unpaired) electrons. The molecule has 2 aromatic heterocycles. The fraction of sp³-hybridized carbons (Fsp3) is 0.316. The van der Waals surface area contributed by atoms with Crippen LogP contribution in [0.2, 0.25) is 0 Å². The van der Waals surface area contributed by atoms with E-state index in [-0.39, 0.29) is 5.82 Å². The Morgan fingerprint density at radius 2 is 2.08 bits per heavy atom. The van der Waals surface area contributed by atoms with Crippen molar-refractivity contribution < 1.29 is 4.39 Å². The van der Waals surface area contributed by atoms with Crippen molar-refractivity contribution in [1.29, 1.82) is 0 Å². The van der Waals surface area contributed by atoms with E-state index in [4.69, 9.17) is 0 Å². The number of hydrogen-bond acceptors (Lipinski definition) is 2. The maximum atomic E-state index is 14.1. The summed E-state index contributed by atoms with van der Waals surface area (Å²) in [5, 5.41) is 7.59. The van der Waals surface area contributed by atoms with Crippen LogP contribution in [0.15, 0.2) is 42.6 Å². The minimum Gasteiger partial charge on any atom is -0.317 e. The molecule has 0 unspecified atom stereocenters. The van der Waals surface area contributed by atoms with Crippen molar-refractivity contribution in [1.82, 2.24) is 19.7 Å². The van der Waals surface area contributed by atoms with Crippen LogP contribution in [0, 0.1) is 5.82 Å². The van der Waals surface area contributed by atoms with Gasteiger partial charge in [0.2, 0.25) is 0 Å². The van der Waals surface area contributed by atoms with Crippen molar-refractivity contribution in [3.05, 3.63) is 71.1 Å². The van der Waals surface area contributed by atoms with Gasteiger partial charge < -0.3 is 4.57 Å². The SMILES string of the molecule is CCc1n[nH]c2c1CN(Cc1cccn1-c1ccccc1F)CC2. The molecule has 0 fully saturated rings. The Bertz CT molecular complexity index is 835. The Morgan fingerprint density at radius 1 is 1.21 bits per heavy atom. The van der Waals surface area contributed by atoms with Crippen LogP contribution in [0.5, 0.6) is 0 Å². The summed E-state index contributed by atoms with van der Waals surface area (Å²) in [5.74, 6) is -0.195. The molecule has 1 N–H and O–H groups in total.